The molecule has 114 valence electrons. The van der Waals surface area contributed by atoms with Gasteiger partial charge in [0.15, 0.2) is 0 Å². The molecule has 2 aliphatic rings. The third-order valence-corrected chi connectivity index (χ3v) is 4.77. The molecular weight excluding hydrogens is 262 g/mol. The quantitative estimate of drug-likeness (QED) is 0.847. The molecule has 0 aromatic heterocycles. The van der Waals surface area contributed by atoms with Crippen molar-refractivity contribution in [1.29, 1.82) is 0 Å². The highest BCUT2D eigenvalue weighted by molar-refractivity contribution is 5.76. The number of likely N-dealkylation sites (tertiary alicyclic amines) is 1. The summed E-state index contributed by atoms with van der Waals surface area (Å²) >= 11 is 0. The van der Waals surface area contributed by atoms with Gasteiger partial charge in [-0.15, -0.1) is 0 Å². The molecule has 1 aliphatic heterocycles. The molecular formula is C18H25NO2. The Hall–Kier alpha value is -1.51. The van der Waals surface area contributed by atoms with Gasteiger partial charge >= 0.3 is 0 Å². The van der Waals surface area contributed by atoms with E-state index in [1.807, 2.05) is 12.1 Å². The molecule has 1 aromatic carbocycles. The van der Waals surface area contributed by atoms with E-state index >= 15 is 0 Å². The molecule has 0 bridgehead atoms. The Balaban J connectivity index is 1.66. The topological polar surface area (TPSA) is 29.5 Å². The van der Waals surface area contributed by atoms with Gasteiger partial charge in [-0.1, -0.05) is 18.6 Å². The molecule has 1 saturated carbocycles. The van der Waals surface area contributed by atoms with Crippen LogP contribution in [0.2, 0.25) is 0 Å². The number of carbonyl (C=O) groups excluding carboxylic acids is 1. The summed E-state index contributed by atoms with van der Waals surface area (Å²) < 4.78 is 5.23. The molecule has 1 aromatic rings. The summed E-state index contributed by atoms with van der Waals surface area (Å²) in [7, 11) is 1.69. The van der Waals surface area contributed by atoms with Gasteiger partial charge in [-0.2, -0.15) is 0 Å². The predicted molar refractivity (Wildman–Crippen MR) is 83.5 cm³/mol. The third-order valence-electron chi connectivity index (χ3n) is 4.77. The average Bonchev–Trinajstić information content (AvgIpc) is 3.33. The van der Waals surface area contributed by atoms with E-state index in [2.05, 4.69) is 17.0 Å². The molecule has 0 spiro atoms. The van der Waals surface area contributed by atoms with E-state index in [1.165, 1.54) is 31.2 Å². The van der Waals surface area contributed by atoms with E-state index in [4.69, 9.17) is 4.74 Å². The molecule has 3 heteroatoms. The van der Waals surface area contributed by atoms with E-state index in [1.54, 1.807) is 7.11 Å². The summed E-state index contributed by atoms with van der Waals surface area (Å²) in [4.78, 5) is 14.5. The Morgan fingerprint density at radius 1 is 1.19 bits per heavy atom. The molecule has 21 heavy (non-hydrogen) atoms. The molecule has 0 radical (unpaired) electrons. The van der Waals surface area contributed by atoms with Crippen LogP contribution in [0.5, 0.6) is 5.75 Å². The number of ether oxygens (including phenoxy) is 1. The van der Waals surface area contributed by atoms with Gasteiger partial charge in [0.25, 0.3) is 0 Å². The summed E-state index contributed by atoms with van der Waals surface area (Å²) in [5, 5.41) is 0. The summed E-state index contributed by atoms with van der Waals surface area (Å²) in [6.07, 6.45) is 6.81. The van der Waals surface area contributed by atoms with Crippen LogP contribution in [-0.2, 0) is 4.79 Å². The highest BCUT2D eigenvalue weighted by atomic mass is 16.5. The van der Waals surface area contributed by atoms with Gasteiger partial charge < -0.3 is 9.64 Å². The molecule has 1 atom stereocenters. The number of benzene rings is 1. The van der Waals surface area contributed by atoms with Crippen molar-refractivity contribution in [2.45, 2.75) is 44.4 Å². The largest absolute Gasteiger partial charge is 0.497 e. The predicted octanol–water partition coefficient (Wildman–Crippen LogP) is 3.59. The first-order valence-corrected chi connectivity index (χ1v) is 8.18. The van der Waals surface area contributed by atoms with Crippen LogP contribution in [0, 0.1) is 5.92 Å². The molecule has 1 aliphatic carbocycles. The highest BCUT2D eigenvalue weighted by Crippen LogP contribution is 2.34. The van der Waals surface area contributed by atoms with E-state index in [0.29, 0.717) is 17.7 Å². The van der Waals surface area contributed by atoms with Gasteiger partial charge in [-0.25, -0.2) is 0 Å². The zero-order valence-corrected chi connectivity index (χ0v) is 12.9. The lowest BCUT2D eigenvalue weighted by Crippen LogP contribution is -2.34. The SMILES string of the molecule is COc1ccc([C@H]2CCCCN(C(=O)CC3CC3)C2)cc1. The van der Waals surface area contributed by atoms with Gasteiger partial charge in [-0.3, -0.25) is 4.79 Å². The van der Waals surface area contributed by atoms with E-state index in [9.17, 15) is 4.79 Å². The summed E-state index contributed by atoms with van der Waals surface area (Å²) in [5.74, 6) is 2.42. The van der Waals surface area contributed by atoms with Gasteiger partial charge in [0.05, 0.1) is 7.11 Å². The van der Waals surface area contributed by atoms with Crippen molar-refractivity contribution in [2.24, 2.45) is 5.92 Å². The molecule has 1 heterocycles. The molecule has 2 fully saturated rings. The van der Waals surface area contributed by atoms with Crippen LogP contribution in [-0.4, -0.2) is 31.0 Å². The molecule has 1 saturated heterocycles. The average molecular weight is 287 g/mol. The number of carbonyl (C=O) groups is 1. The van der Waals surface area contributed by atoms with Gasteiger partial charge in [0, 0.05) is 25.4 Å². The monoisotopic (exact) mass is 287 g/mol. The van der Waals surface area contributed by atoms with Crippen molar-refractivity contribution >= 4 is 5.91 Å². The molecule has 3 nitrogen and oxygen atoms in total. The number of hydrogen-bond acceptors (Lipinski definition) is 2. The number of hydrogen-bond donors (Lipinski definition) is 0. The fraction of sp³-hybridized carbons (Fsp3) is 0.611. The number of methoxy groups -OCH3 is 1. The lowest BCUT2D eigenvalue weighted by molar-refractivity contribution is -0.131. The smallest absolute Gasteiger partial charge is 0.222 e. The van der Waals surface area contributed by atoms with Crippen LogP contribution in [0.1, 0.15) is 50.0 Å². The first-order chi connectivity index (χ1) is 10.3. The molecule has 0 unspecified atom stereocenters. The van der Waals surface area contributed by atoms with E-state index in [0.717, 1.165) is 31.7 Å². The fourth-order valence-electron chi connectivity index (χ4n) is 3.21. The second-order valence-corrected chi connectivity index (χ2v) is 6.45. The van der Waals surface area contributed by atoms with Crippen molar-refractivity contribution in [1.82, 2.24) is 4.90 Å². The van der Waals surface area contributed by atoms with Gasteiger partial charge in [0.1, 0.15) is 5.75 Å². The first kappa shape index (κ1) is 14.4. The molecule has 3 rings (SSSR count). The van der Waals surface area contributed by atoms with Gasteiger partial charge in [0.2, 0.25) is 5.91 Å². The minimum Gasteiger partial charge on any atom is -0.497 e. The van der Waals surface area contributed by atoms with Crippen molar-refractivity contribution in [2.75, 3.05) is 20.2 Å². The summed E-state index contributed by atoms with van der Waals surface area (Å²) in [6.45, 7) is 1.83. The molecule has 0 N–H and O–H groups in total. The van der Waals surface area contributed by atoms with Crippen LogP contribution >= 0.6 is 0 Å². The maximum absolute atomic E-state index is 12.4. The Bertz CT molecular complexity index is 478. The zero-order valence-electron chi connectivity index (χ0n) is 12.9. The standard InChI is InChI=1S/C18H25NO2/c1-21-17-9-7-15(8-10-17)16-4-2-3-11-19(13-16)18(20)12-14-5-6-14/h7-10,14,16H,2-6,11-13H2,1H3/t16-/m0/s1. The minimum absolute atomic E-state index is 0.373. The van der Waals surface area contributed by atoms with Gasteiger partial charge in [-0.05, 0) is 49.3 Å². The Morgan fingerprint density at radius 2 is 1.95 bits per heavy atom. The van der Waals surface area contributed by atoms with Crippen LogP contribution in [0.25, 0.3) is 0 Å². The third kappa shape index (κ3) is 3.78. The van der Waals surface area contributed by atoms with Crippen molar-refractivity contribution in [3.05, 3.63) is 29.8 Å². The molecule has 1 amide bonds. The number of nitrogens with zero attached hydrogens (tertiary/aromatic N) is 1. The fourth-order valence-corrected chi connectivity index (χ4v) is 3.21. The number of rotatable bonds is 4. The normalized spacial score (nSPS) is 22.7. The van der Waals surface area contributed by atoms with Crippen LogP contribution < -0.4 is 4.74 Å². The second-order valence-electron chi connectivity index (χ2n) is 6.45. The van der Waals surface area contributed by atoms with E-state index in [-0.39, 0.29) is 0 Å². The number of amides is 1. The van der Waals surface area contributed by atoms with Crippen LogP contribution in [0.3, 0.4) is 0 Å². The van der Waals surface area contributed by atoms with Crippen molar-refractivity contribution in [3.8, 4) is 5.75 Å². The summed E-state index contributed by atoms with van der Waals surface area (Å²) in [5.41, 5.74) is 1.34. The lowest BCUT2D eigenvalue weighted by Gasteiger charge is -2.25. The Morgan fingerprint density at radius 3 is 2.62 bits per heavy atom. The maximum Gasteiger partial charge on any atom is 0.222 e. The van der Waals surface area contributed by atoms with Crippen LogP contribution in [0.4, 0.5) is 0 Å². The second kappa shape index (κ2) is 6.50. The lowest BCUT2D eigenvalue weighted by atomic mass is 9.94. The maximum atomic E-state index is 12.4. The van der Waals surface area contributed by atoms with Crippen molar-refractivity contribution in [3.63, 3.8) is 0 Å². The van der Waals surface area contributed by atoms with Crippen molar-refractivity contribution < 1.29 is 9.53 Å². The van der Waals surface area contributed by atoms with Crippen LogP contribution in [0.15, 0.2) is 24.3 Å². The zero-order chi connectivity index (χ0) is 14.7. The summed E-state index contributed by atoms with van der Waals surface area (Å²) in [6, 6.07) is 8.35. The highest BCUT2D eigenvalue weighted by Gasteiger charge is 2.29. The van der Waals surface area contributed by atoms with E-state index < -0.39 is 0 Å². The first-order valence-electron chi connectivity index (χ1n) is 8.18. The Kier molecular flexibility index (Phi) is 4.47. The minimum atomic E-state index is 0.373. The Labute approximate surface area is 127 Å².